The summed E-state index contributed by atoms with van der Waals surface area (Å²) >= 11 is 0. The van der Waals surface area contributed by atoms with Gasteiger partial charge in [-0.15, -0.1) is 0 Å². The number of fused-ring (bicyclic) bond motifs is 4. The van der Waals surface area contributed by atoms with Crippen LogP contribution in [-0.2, 0) is 12.2 Å². The van der Waals surface area contributed by atoms with Gasteiger partial charge in [0.1, 0.15) is 0 Å². The Balaban J connectivity index is 1.52. The van der Waals surface area contributed by atoms with Gasteiger partial charge in [-0.1, -0.05) is 55.0 Å². The van der Waals surface area contributed by atoms with Gasteiger partial charge in [-0.25, -0.2) is 23.8 Å². The molecule has 0 unspecified atom stereocenters. The van der Waals surface area contributed by atoms with Gasteiger partial charge >= 0.3 is 11.4 Å². The second-order valence-electron chi connectivity index (χ2n) is 9.06. The number of guanidine groups is 1. The van der Waals surface area contributed by atoms with Crippen molar-refractivity contribution in [3.63, 3.8) is 0 Å². The number of nitrogens with zero attached hydrogens (tertiary/aromatic N) is 5. The van der Waals surface area contributed by atoms with Gasteiger partial charge < -0.3 is 10.6 Å². The molecule has 6 rings (SSSR count). The molecule has 1 fully saturated rings. The zero-order valence-corrected chi connectivity index (χ0v) is 18.3. The predicted octanol–water partition coefficient (Wildman–Crippen LogP) is 2.34. The number of benzene rings is 2. The molecule has 1 aromatic heterocycles. The molecule has 33 heavy (non-hydrogen) atoms. The highest BCUT2D eigenvalue weighted by molar-refractivity contribution is 5.80. The third-order valence-electron chi connectivity index (χ3n) is 6.96. The predicted molar refractivity (Wildman–Crippen MR) is 126 cm³/mol. The van der Waals surface area contributed by atoms with Crippen LogP contribution in [0.4, 0.5) is 0 Å². The molecule has 2 aliphatic heterocycles. The zero-order chi connectivity index (χ0) is 22.6. The van der Waals surface area contributed by atoms with E-state index in [-0.39, 0.29) is 17.4 Å². The van der Waals surface area contributed by atoms with Gasteiger partial charge in [0.2, 0.25) is 0 Å². The molecule has 1 spiro atoms. The van der Waals surface area contributed by atoms with Crippen molar-refractivity contribution in [3.05, 3.63) is 98.8 Å². The number of para-hydroxylation sites is 1. The van der Waals surface area contributed by atoms with Gasteiger partial charge in [-0.3, -0.25) is 0 Å². The van der Waals surface area contributed by atoms with Crippen LogP contribution in [0.5, 0.6) is 0 Å². The molecule has 2 N–H and O–H groups in total. The Labute approximate surface area is 190 Å². The van der Waals surface area contributed by atoms with Crippen LogP contribution in [0, 0.1) is 0 Å². The topological polar surface area (TPSA) is 90.5 Å². The molecule has 3 aromatic rings. The molecule has 3 aliphatic rings. The van der Waals surface area contributed by atoms with Crippen molar-refractivity contribution in [2.45, 2.75) is 43.9 Å². The highest BCUT2D eigenvalue weighted by Gasteiger charge is 2.48. The number of hydrogen-bond acceptors (Lipinski definition) is 5. The van der Waals surface area contributed by atoms with Gasteiger partial charge in [0.05, 0.1) is 18.3 Å². The van der Waals surface area contributed by atoms with E-state index in [0.29, 0.717) is 24.7 Å². The first-order valence-electron chi connectivity index (χ1n) is 11.5. The lowest BCUT2D eigenvalue weighted by molar-refractivity contribution is 0.198. The van der Waals surface area contributed by atoms with E-state index in [1.165, 1.54) is 10.1 Å². The molecular weight excluding hydrogens is 416 g/mol. The van der Waals surface area contributed by atoms with Crippen LogP contribution in [0.25, 0.3) is 5.69 Å². The second-order valence-corrected chi connectivity index (χ2v) is 9.06. The van der Waals surface area contributed by atoms with Crippen molar-refractivity contribution in [1.29, 1.82) is 0 Å². The fourth-order valence-electron chi connectivity index (χ4n) is 5.50. The van der Waals surface area contributed by atoms with Crippen LogP contribution < -0.4 is 17.1 Å². The number of allylic oxidation sites excluding steroid dienone is 1. The minimum Gasteiger partial charge on any atom is -0.370 e. The van der Waals surface area contributed by atoms with Gasteiger partial charge in [0.25, 0.3) is 0 Å². The lowest BCUT2D eigenvalue weighted by atomic mass is 9.86. The number of rotatable bonds is 3. The van der Waals surface area contributed by atoms with Crippen molar-refractivity contribution < 1.29 is 0 Å². The Morgan fingerprint density at radius 1 is 0.970 bits per heavy atom. The molecule has 2 atom stereocenters. The molecule has 2 aromatic carbocycles. The molecule has 8 heteroatoms. The number of nitrogens with two attached hydrogens (primary N) is 1. The Morgan fingerprint density at radius 3 is 2.45 bits per heavy atom. The Bertz CT molecular complexity index is 1380. The van der Waals surface area contributed by atoms with Crippen LogP contribution in [0.15, 0.2) is 86.9 Å². The minimum absolute atomic E-state index is 0.117. The average Bonchev–Trinajstić information content (AvgIpc) is 3.28. The molecule has 0 amide bonds. The van der Waals surface area contributed by atoms with Crippen molar-refractivity contribution in [2.24, 2.45) is 10.7 Å². The van der Waals surface area contributed by atoms with Crippen molar-refractivity contribution >= 4 is 5.96 Å². The number of aromatic nitrogens is 3. The Hall–Kier alpha value is -3.81. The fourth-order valence-corrected chi connectivity index (χ4v) is 5.50. The van der Waals surface area contributed by atoms with Crippen LogP contribution in [-0.4, -0.2) is 31.3 Å². The van der Waals surface area contributed by atoms with Gasteiger partial charge in [0.15, 0.2) is 11.6 Å². The first-order valence-corrected chi connectivity index (χ1v) is 11.5. The van der Waals surface area contributed by atoms with Gasteiger partial charge in [-0.2, -0.15) is 4.68 Å². The number of hydrogen-bond donors (Lipinski definition) is 1. The maximum atomic E-state index is 13.8. The van der Waals surface area contributed by atoms with E-state index >= 15 is 0 Å². The minimum atomic E-state index is -1.03. The van der Waals surface area contributed by atoms with E-state index in [4.69, 9.17) is 10.7 Å². The SMILES string of the molecule is NC1=N[C@@]2(C=C3CCCC[C@H]3n3c(=O)n(-c4ccccc4)c(=O)n32)CN1Cc1ccccc1. The summed E-state index contributed by atoms with van der Waals surface area (Å²) in [5.41, 5.74) is 7.51. The van der Waals surface area contributed by atoms with Crippen molar-refractivity contribution in [3.8, 4) is 5.69 Å². The summed E-state index contributed by atoms with van der Waals surface area (Å²) in [4.78, 5) is 34.3. The second kappa shape index (κ2) is 7.37. The Morgan fingerprint density at radius 2 is 1.70 bits per heavy atom. The fraction of sp³-hybridized carbons (Fsp3) is 0.320. The molecule has 0 saturated heterocycles. The molecule has 3 heterocycles. The summed E-state index contributed by atoms with van der Waals surface area (Å²) in [6.45, 7) is 0.991. The summed E-state index contributed by atoms with van der Waals surface area (Å²) in [5, 5.41) is 0. The third-order valence-corrected chi connectivity index (χ3v) is 6.96. The zero-order valence-electron chi connectivity index (χ0n) is 18.3. The summed E-state index contributed by atoms with van der Waals surface area (Å²) in [6, 6.07) is 19.0. The summed E-state index contributed by atoms with van der Waals surface area (Å²) in [6.07, 6.45) is 5.94. The van der Waals surface area contributed by atoms with Crippen LogP contribution in [0.1, 0.15) is 37.3 Å². The largest absolute Gasteiger partial charge is 0.370 e. The highest BCUT2D eigenvalue weighted by Crippen LogP contribution is 2.41. The molecule has 8 nitrogen and oxygen atoms in total. The molecule has 0 radical (unpaired) electrons. The van der Waals surface area contributed by atoms with Gasteiger partial charge in [0, 0.05) is 6.54 Å². The van der Waals surface area contributed by atoms with E-state index in [2.05, 4.69) is 6.08 Å². The van der Waals surface area contributed by atoms with Crippen molar-refractivity contribution in [1.82, 2.24) is 18.8 Å². The quantitative estimate of drug-likeness (QED) is 0.631. The maximum Gasteiger partial charge on any atom is 0.354 e. The normalized spacial score (nSPS) is 23.8. The van der Waals surface area contributed by atoms with Gasteiger partial charge in [-0.05, 0) is 48.6 Å². The van der Waals surface area contributed by atoms with E-state index in [1.54, 1.807) is 21.5 Å². The molecule has 168 valence electrons. The maximum absolute atomic E-state index is 13.8. The first kappa shape index (κ1) is 19.8. The standard InChI is InChI=1S/C25H26N6O2/c26-22-27-25(17-28(22)16-18-9-3-1-4-10-18)15-19-11-7-8-14-21(19)30-23(32)29(24(33)31(25)30)20-12-5-2-6-13-20/h1-6,9-10,12-13,15,21H,7-8,11,14,16-17H2,(H2,26,27)/t21-,25-/m1/s1. The van der Waals surface area contributed by atoms with E-state index < -0.39 is 5.66 Å². The summed E-state index contributed by atoms with van der Waals surface area (Å²) in [7, 11) is 0. The first-order chi connectivity index (χ1) is 16.1. The lowest BCUT2D eigenvalue weighted by Crippen LogP contribution is -2.50. The monoisotopic (exact) mass is 442 g/mol. The third kappa shape index (κ3) is 3.01. The van der Waals surface area contributed by atoms with Crippen LogP contribution in [0.2, 0.25) is 0 Å². The molecule has 0 bridgehead atoms. The molecule has 1 aliphatic carbocycles. The van der Waals surface area contributed by atoms with E-state index in [9.17, 15) is 9.59 Å². The van der Waals surface area contributed by atoms with Crippen LogP contribution in [0.3, 0.4) is 0 Å². The number of aliphatic imine (C=N–C) groups is 1. The molecule has 1 saturated carbocycles. The molecular formula is C25H26N6O2. The summed E-state index contributed by atoms with van der Waals surface area (Å²) < 4.78 is 4.46. The smallest absolute Gasteiger partial charge is 0.354 e. The summed E-state index contributed by atoms with van der Waals surface area (Å²) in [5.74, 6) is 0.378. The van der Waals surface area contributed by atoms with E-state index in [1.807, 2.05) is 53.4 Å². The highest BCUT2D eigenvalue weighted by atomic mass is 16.2. The average molecular weight is 443 g/mol. The lowest BCUT2D eigenvalue weighted by Gasteiger charge is -2.38. The Kier molecular flexibility index (Phi) is 4.43. The van der Waals surface area contributed by atoms with Crippen LogP contribution >= 0.6 is 0 Å². The van der Waals surface area contributed by atoms with Crippen molar-refractivity contribution in [2.75, 3.05) is 6.54 Å². The van der Waals surface area contributed by atoms with E-state index in [0.717, 1.165) is 31.2 Å².